The molecule has 0 spiro atoms. The van der Waals surface area contributed by atoms with E-state index < -0.39 is 5.91 Å². The van der Waals surface area contributed by atoms with Gasteiger partial charge < -0.3 is 25.4 Å². The Morgan fingerprint density at radius 3 is 2.68 bits per heavy atom. The van der Waals surface area contributed by atoms with E-state index in [1.54, 1.807) is 4.57 Å². The van der Waals surface area contributed by atoms with Crippen molar-refractivity contribution in [2.24, 2.45) is 5.92 Å². The Labute approximate surface area is 162 Å². The highest BCUT2D eigenvalue weighted by Gasteiger charge is 2.50. The fourth-order valence-electron chi connectivity index (χ4n) is 4.69. The highest BCUT2D eigenvalue weighted by atomic mass is 16.5. The van der Waals surface area contributed by atoms with Crippen LogP contribution in [-0.2, 0) is 6.54 Å². The van der Waals surface area contributed by atoms with Gasteiger partial charge in [0.15, 0.2) is 29.0 Å². The second-order valence-corrected chi connectivity index (χ2v) is 8.04. The number of ether oxygens (including phenoxy) is 1. The number of nitrogens with zero attached hydrogens (tertiary/aromatic N) is 2. The van der Waals surface area contributed by atoms with Crippen molar-refractivity contribution in [2.45, 2.75) is 51.1 Å². The zero-order valence-corrected chi connectivity index (χ0v) is 16.1. The number of carbonyl (C=O) groups is 1. The molecule has 4 rings (SSSR count). The van der Waals surface area contributed by atoms with Crippen molar-refractivity contribution < 1.29 is 24.9 Å². The fourth-order valence-corrected chi connectivity index (χ4v) is 4.69. The van der Waals surface area contributed by atoms with Crippen molar-refractivity contribution in [1.29, 1.82) is 0 Å². The van der Waals surface area contributed by atoms with Crippen LogP contribution < -0.4 is 10.1 Å². The molecule has 0 aromatic carbocycles. The first kappa shape index (κ1) is 18.5. The quantitative estimate of drug-likeness (QED) is 0.626. The number of aromatic nitrogens is 2. The van der Waals surface area contributed by atoms with Crippen molar-refractivity contribution in [1.82, 2.24) is 14.9 Å². The summed E-state index contributed by atoms with van der Waals surface area (Å²) in [4.78, 5) is 16.6. The van der Waals surface area contributed by atoms with Gasteiger partial charge in [-0.1, -0.05) is 13.8 Å². The van der Waals surface area contributed by atoms with E-state index in [9.17, 15) is 20.1 Å². The minimum absolute atomic E-state index is 0.0731. The second kappa shape index (κ2) is 6.61. The van der Waals surface area contributed by atoms with Gasteiger partial charge in [0, 0.05) is 41.9 Å². The Kier molecular flexibility index (Phi) is 4.36. The van der Waals surface area contributed by atoms with Crippen LogP contribution in [0, 0.1) is 5.92 Å². The lowest BCUT2D eigenvalue weighted by Gasteiger charge is -2.23. The van der Waals surface area contributed by atoms with Crippen molar-refractivity contribution in [3.63, 3.8) is 0 Å². The summed E-state index contributed by atoms with van der Waals surface area (Å²) in [6.45, 7) is 4.58. The Morgan fingerprint density at radius 2 is 2.00 bits per heavy atom. The smallest absolute Gasteiger partial charge is 0.274 e. The third-order valence-electron chi connectivity index (χ3n) is 5.81. The maximum atomic E-state index is 12.7. The van der Waals surface area contributed by atoms with Crippen LogP contribution in [0.4, 0.5) is 0 Å². The zero-order chi connectivity index (χ0) is 20.2. The molecule has 0 aliphatic heterocycles. The summed E-state index contributed by atoms with van der Waals surface area (Å²) in [5.74, 6) is -0.0629. The molecule has 1 saturated carbocycles. The normalized spacial score (nSPS) is 22.5. The van der Waals surface area contributed by atoms with E-state index in [1.807, 2.05) is 13.8 Å². The number of nitrogens with one attached hydrogen (secondary N) is 1. The van der Waals surface area contributed by atoms with E-state index >= 15 is 0 Å². The molecule has 2 aromatic heterocycles. The predicted molar refractivity (Wildman–Crippen MR) is 101 cm³/mol. The van der Waals surface area contributed by atoms with Crippen LogP contribution in [0.15, 0.2) is 12.3 Å². The van der Waals surface area contributed by atoms with Crippen molar-refractivity contribution in [3.05, 3.63) is 29.1 Å². The molecule has 2 unspecified atom stereocenters. The molecule has 1 fully saturated rings. The van der Waals surface area contributed by atoms with Crippen molar-refractivity contribution in [2.75, 3.05) is 7.11 Å². The van der Waals surface area contributed by atoms with Gasteiger partial charge in [-0.05, 0) is 24.7 Å². The van der Waals surface area contributed by atoms with Crippen molar-refractivity contribution in [3.8, 4) is 23.3 Å². The summed E-state index contributed by atoms with van der Waals surface area (Å²) in [5, 5.41) is 34.4. The van der Waals surface area contributed by atoms with Crippen LogP contribution in [0.1, 0.15) is 60.1 Å². The Hall–Kier alpha value is -2.90. The molecule has 2 aromatic rings. The molecule has 2 aliphatic rings. The second-order valence-electron chi connectivity index (χ2n) is 8.04. The summed E-state index contributed by atoms with van der Waals surface area (Å²) >= 11 is 0. The third kappa shape index (κ3) is 2.66. The number of amides is 1. The standard InChI is InChI=1S/C20H25N3O5/c1-9(2)8-23-19(26)14-10-6-11(15(14)20(23)27)12(7-10)22-18(25)16-17(24)13(28-3)4-5-21-16/h4-5,9-12,24,26-27H,6-8H2,1-3H3,(H,22,25)/t10?,11?,12-/m1/s1. The van der Waals surface area contributed by atoms with Gasteiger partial charge in [-0.2, -0.15) is 0 Å². The number of rotatable bonds is 5. The zero-order valence-electron chi connectivity index (χ0n) is 16.1. The van der Waals surface area contributed by atoms with Gasteiger partial charge in [-0.25, -0.2) is 4.98 Å². The summed E-state index contributed by atoms with van der Waals surface area (Å²) in [5.41, 5.74) is 1.46. The highest BCUT2D eigenvalue weighted by molar-refractivity contribution is 5.96. The molecule has 3 atom stereocenters. The van der Waals surface area contributed by atoms with E-state index in [1.165, 1.54) is 19.4 Å². The van der Waals surface area contributed by atoms with E-state index in [0.29, 0.717) is 13.0 Å². The molecule has 150 valence electrons. The molecule has 8 nitrogen and oxygen atoms in total. The molecule has 0 radical (unpaired) electrons. The molecular formula is C20H25N3O5. The average molecular weight is 387 g/mol. The number of methoxy groups -OCH3 is 1. The first-order chi connectivity index (χ1) is 13.3. The largest absolute Gasteiger partial charge is 0.503 e. The number of pyridine rings is 1. The Morgan fingerprint density at radius 1 is 1.29 bits per heavy atom. The minimum Gasteiger partial charge on any atom is -0.503 e. The molecule has 4 N–H and O–H groups in total. The van der Waals surface area contributed by atoms with Crippen LogP contribution in [0.2, 0.25) is 0 Å². The molecule has 2 aliphatic carbocycles. The summed E-state index contributed by atoms with van der Waals surface area (Å²) in [6, 6.07) is 1.28. The Bertz CT molecular complexity index is 936. The highest BCUT2D eigenvalue weighted by Crippen LogP contribution is 2.60. The van der Waals surface area contributed by atoms with Crippen LogP contribution in [-0.4, -0.2) is 43.9 Å². The molecule has 1 amide bonds. The number of aromatic hydroxyl groups is 3. The van der Waals surface area contributed by atoms with E-state index in [4.69, 9.17) is 4.74 Å². The molecule has 2 heterocycles. The number of carbonyl (C=O) groups excluding carboxylic acids is 1. The first-order valence-corrected chi connectivity index (χ1v) is 9.50. The lowest BCUT2D eigenvalue weighted by molar-refractivity contribution is 0.0924. The third-order valence-corrected chi connectivity index (χ3v) is 5.81. The number of hydrogen-bond donors (Lipinski definition) is 4. The van der Waals surface area contributed by atoms with Crippen molar-refractivity contribution >= 4 is 5.91 Å². The van der Waals surface area contributed by atoms with E-state index in [0.717, 1.165) is 17.5 Å². The average Bonchev–Trinajstić information content (AvgIpc) is 3.29. The number of hydrogen-bond acceptors (Lipinski definition) is 6. The maximum absolute atomic E-state index is 12.7. The summed E-state index contributed by atoms with van der Waals surface area (Å²) in [6.07, 6.45) is 2.85. The van der Waals surface area contributed by atoms with Gasteiger partial charge >= 0.3 is 0 Å². The monoisotopic (exact) mass is 387 g/mol. The summed E-state index contributed by atoms with van der Waals surface area (Å²) in [7, 11) is 1.41. The van der Waals surface area contributed by atoms with Gasteiger partial charge in [-0.3, -0.25) is 9.36 Å². The van der Waals surface area contributed by atoms with Gasteiger partial charge in [-0.15, -0.1) is 0 Å². The van der Waals surface area contributed by atoms with Gasteiger partial charge in [0.1, 0.15) is 0 Å². The molecular weight excluding hydrogens is 362 g/mol. The molecule has 2 bridgehead atoms. The van der Waals surface area contributed by atoms with Gasteiger partial charge in [0.25, 0.3) is 5.91 Å². The van der Waals surface area contributed by atoms with E-state index in [-0.39, 0.29) is 52.7 Å². The van der Waals surface area contributed by atoms with Crippen LogP contribution in [0.3, 0.4) is 0 Å². The maximum Gasteiger partial charge on any atom is 0.274 e. The molecule has 8 heteroatoms. The predicted octanol–water partition coefficient (Wildman–Crippen LogP) is 2.44. The first-order valence-electron chi connectivity index (χ1n) is 9.50. The SMILES string of the molecule is COc1ccnc(C(=O)N[C@@H]2CC3CC2c2c3c(O)n(CC(C)C)c2O)c1O. The molecule has 0 saturated heterocycles. The van der Waals surface area contributed by atoms with E-state index in [2.05, 4.69) is 10.3 Å². The lowest BCUT2D eigenvalue weighted by Crippen LogP contribution is -2.38. The molecule has 28 heavy (non-hydrogen) atoms. The van der Waals surface area contributed by atoms with Gasteiger partial charge in [0.05, 0.1) is 7.11 Å². The van der Waals surface area contributed by atoms with Crippen LogP contribution in [0.25, 0.3) is 0 Å². The van der Waals surface area contributed by atoms with Crippen LogP contribution in [0.5, 0.6) is 23.3 Å². The Balaban J connectivity index is 1.59. The summed E-state index contributed by atoms with van der Waals surface area (Å²) < 4.78 is 6.59. The topological polar surface area (TPSA) is 117 Å². The number of fused-ring (bicyclic) bond motifs is 5. The van der Waals surface area contributed by atoms with Crippen LogP contribution >= 0.6 is 0 Å². The lowest BCUT2D eigenvalue weighted by atomic mass is 9.90. The minimum atomic E-state index is -0.485. The van der Waals surface area contributed by atoms with Gasteiger partial charge in [0.2, 0.25) is 0 Å². The fraction of sp³-hybridized carbons (Fsp3) is 0.500.